The van der Waals surface area contributed by atoms with E-state index in [-0.39, 0.29) is 17.3 Å². The van der Waals surface area contributed by atoms with Crippen molar-refractivity contribution in [1.82, 2.24) is 9.97 Å². The van der Waals surface area contributed by atoms with Gasteiger partial charge in [0.05, 0.1) is 17.7 Å². The molecule has 10 heteroatoms. The molecule has 3 aromatic rings. The largest absolute Gasteiger partial charge is 0.497 e. The summed E-state index contributed by atoms with van der Waals surface area (Å²) >= 11 is 0. The number of hydrogen-bond donors (Lipinski definition) is 1. The van der Waals surface area contributed by atoms with Crippen LogP contribution >= 0.6 is 0 Å². The van der Waals surface area contributed by atoms with Crippen LogP contribution in [-0.4, -0.2) is 27.8 Å². The van der Waals surface area contributed by atoms with Gasteiger partial charge >= 0.3 is 0 Å². The maximum atomic E-state index is 10.7. The SMILES string of the molecule is COc1ccc(NN=C(N=Nc2ccc([N+](=O)[O-])cn2)c2cccnc2)cc1. The van der Waals surface area contributed by atoms with E-state index in [4.69, 9.17) is 4.74 Å². The molecule has 3 rings (SSSR count). The van der Waals surface area contributed by atoms with Gasteiger partial charge in [-0.25, -0.2) is 4.98 Å². The fraction of sp³-hybridized carbons (Fsp3) is 0.0556. The number of rotatable bonds is 6. The number of nitro groups is 1. The molecule has 0 atom stereocenters. The Morgan fingerprint density at radius 2 is 1.96 bits per heavy atom. The maximum Gasteiger partial charge on any atom is 0.287 e. The number of ether oxygens (including phenoxy) is 1. The van der Waals surface area contributed by atoms with Crippen LogP contribution in [0, 0.1) is 10.1 Å². The van der Waals surface area contributed by atoms with Gasteiger partial charge in [0.15, 0.2) is 5.82 Å². The van der Waals surface area contributed by atoms with E-state index < -0.39 is 4.92 Å². The first-order chi connectivity index (χ1) is 13.7. The summed E-state index contributed by atoms with van der Waals surface area (Å²) in [6.07, 6.45) is 4.34. The van der Waals surface area contributed by atoms with Crippen molar-refractivity contribution >= 4 is 23.0 Å². The van der Waals surface area contributed by atoms with Gasteiger partial charge in [0.25, 0.3) is 5.69 Å². The topological polar surface area (TPSA) is 127 Å². The maximum absolute atomic E-state index is 10.7. The van der Waals surface area contributed by atoms with Crippen molar-refractivity contribution in [3.8, 4) is 5.75 Å². The van der Waals surface area contributed by atoms with E-state index in [2.05, 4.69) is 30.7 Å². The molecule has 0 aliphatic carbocycles. The van der Waals surface area contributed by atoms with Crippen molar-refractivity contribution in [3.05, 3.63) is 82.8 Å². The highest BCUT2D eigenvalue weighted by Gasteiger charge is 2.06. The minimum atomic E-state index is -0.533. The van der Waals surface area contributed by atoms with Crippen LogP contribution in [0.15, 0.2) is 82.5 Å². The molecule has 0 amide bonds. The van der Waals surface area contributed by atoms with E-state index in [1.165, 1.54) is 12.1 Å². The van der Waals surface area contributed by atoms with Gasteiger partial charge in [-0.1, -0.05) is 0 Å². The highest BCUT2D eigenvalue weighted by molar-refractivity contribution is 5.99. The van der Waals surface area contributed by atoms with Crippen LogP contribution in [0.4, 0.5) is 17.2 Å². The Bertz CT molecular complexity index is 988. The molecule has 1 N–H and O–H groups in total. The zero-order valence-electron chi connectivity index (χ0n) is 14.8. The predicted octanol–water partition coefficient (Wildman–Crippen LogP) is 3.95. The molecule has 0 unspecified atom stereocenters. The minimum absolute atomic E-state index is 0.124. The summed E-state index contributed by atoms with van der Waals surface area (Å²) in [4.78, 5) is 18.1. The van der Waals surface area contributed by atoms with Crippen molar-refractivity contribution in [1.29, 1.82) is 0 Å². The molecule has 28 heavy (non-hydrogen) atoms. The Hall–Kier alpha value is -4.21. The molecule has 0 spiro atoms. The molecular weight excluding hydrogens is 362 g/mol. The summed E-state index contributed by atoms with van der Waals surface area (Å²) in [5.74, 6) is 1.21. The Labute approximate surface area is 159 Å². The van der Waals surface area contributed by atoms with Crippen molar-refractivity contribution in [2.24, 2.45) is 15.3 Å². The summed E-state index contributed by atoms with van der Waals surface area (Å²) in [6, 6.07) is 13.4. The number of amidine groups is 1. The zero-order chi connectivity index (χ0) is 19.8. The lowest BCUT2D eigenvalue weighted by molar-refractivity contribution is -0.385. The van der Waals surface area contributed by atoms with Crippen LogP contribution in [0.1, 0.15) is 5.56 Å². The van der Waals surface area contributed by atoms with Crippen molar-refractivity contribution in [3.63, 3.8) is 0 Å². The monoisotopic (exact) mass is 377 g/mol. The van der Waals surface area contributed by atoms with Gasteiger partial charge in [-0.3, -0.25) is 20.5 Å². The van der Waals surface area contributed by atoms with Crippen molar-refractivity contribution in [2.45, 2.75) is 0 Å². The van der Waals surface area contributed by atoms with Crippen LogP contribution in [0.2, 0.25) is 0 Å². The average molecular weight is 377 g/mol. The molecular formula is C18H15N7O3. The van der Waals surface area contributed by atoms with Gasteiger partial charge in [-0.05, 0) is 42.5 Å². The first-order valence-electron chi connectivity index (χ1n) is 8.06. The van der Waals surface area contributed by atoms with Gasteiger partial charge in [-0.2, -0.15) is 5.10 Å². The van der Waals surface area contributed by atoms with Gasteiger partial charge in [0, 0.05) is 24.0 Å². The lowest BCUT2D eigenvalue weighted by Crippen LogP contribution is -2.01. The van der Waals surface area contributed by atoms with Crippen molar-refractivity contribution < 1.29 is 9.66 Å². The summed E-state index contributed by atoms with van der Waals surface area (Å²) in [6.45, 7) is 0. The van der Waals surface area contributed by atoms with Gasteiger partial charge < -0.3 is 4.74 Å². The zero-order valence-corrected chi connectivity index (χ0v) is 14.8. The van der Waals surface area contributed by atoms with Crippen LogP contribution in [0.25, 0.3) is 0 Å². The molecule has 0 saturated heterocycles. The highest BCUT2D eigenvalue weighted by Crippen LogP contribution is 2.17. The number of hydrazone groups is 1. The van der Waals surface area contributed by atoms with Gasteiger partial charge in [0.2, 0.25) is 5.84 Å². The van der Waals surface area contributed by atoms with E-state index in [1.54, 1.807) is 55.9 Å². The first-order valence-corrected chi connectivity index (χ1v) is 8.06. The molecule has 0 saturated carbocycles. The van der Waals surface area contributed by atoms with E-state index in [0.29, 0.717) is 5.56 Å². The van der Waals surface area contributed by atoms with Crippen LogP contribution in [0.5, 0.6) is 5.75 Å². The van der Waals surface area contributed by atoms with Crippen LogP contribution in [0.3, 0.4) is 0 Å². The molecule has 0 bridgehead atoms. The number of azo groups is 1. The molecule has 0 aliphatic rings. The lowest BCUT2D eigenvalue weighted by Gasteiger charge is -2.04. The molecule has 0 aliphatic heterocycles. The van der Waals surface area contributed by atoms with Crippen LogP contribution in [-0.2, 0) is 0 Å². The fourth-order valence-corrected chi connectivity index (χ4v) is 2.07. The molecule has 0 radical (unpaired) electrons. The summed E-state index contributed by atoms with van der Waals surface area (Å²) in [7, 11) is 1.59. The molecule has 140 valence electrons. The number of hydrogen-bond acceptors (Lipinski definition) is 8. The fourth-order valence-electron chi connectivity index (χ4n) is 2.07. The average Bonchev–Trinajstić information content (AvgIpc) is 2.75. The standard InChI is InChI=1S/C18H15N7O3/c1-28-16-7-4-14(5-8-16)21-23-18(13-3-2-10-19-11-13)24-22-17-9-6-15(12-20-17)25(26)27/h2-12,21H,1H3. The van der Waals surface area contributed by atoms with Gasteiger partial charge in [-0.15, -0.1) is 10.2 Å². The number of pyridine rings is 2. The third-order valence-corrected chi connectivity index (χ3v) is 3.49. The van der Waals surface area contributed by atoms with Crippen molar-refractivity contribution in [2.75, 3.05) is 12.5 Å². The molecule has 0 fully saturated rings. The first kappa shape index (κ1) is 18.6. The Morgan fingerprint density at radius 3 is 2.57 bits per heavy atom. The van der Waals surface area contributed by atoms with Crippen LogP contribution < -0.4 is 10.2 Å². The smallest absolute Gasteiger partial charge is 0.287 e. The summed E-state index contributed by atoms with van der Waals surface area (Å²) in [5.41, 5.74) is 4.13. The molecule has 10 nitrogen and oxygen atoms in total. The molecule has 2 aromatic heterocycles. The molecule has 1 aromatic carbocycles. The predicted molar refractivity (Wildman–Crippen MR) is 103 cm³/mol. The number of nitrogens with zero attached hydrogens (tertiary/aromatic N) is 6. The number of anilines is 1. The number of methoxy groups -OCH3 is 1. The second-order valence-corrected chi connectivity index (χ2v) is 5.35. The third-order valence-electron chi connectivity index (χ3n) is 3.49. The Morgan fingerprint density at radius 1 is 1.14 bits per heavy atom. The number of aromatic nitrogens is 2. The lowest BCUT2D eigenvalue weighted by atomic mass is 10.3. The second kappa shape index (κ2) is 8.94. The minimum Gasteiger partial charge on any atom is -0.497 e. The Kier molecular flexibility index (Phi) is 5.93. The Balaban J connectivity index is 1.83. The van der Waals surface area contributed by atoms with Gasteiger partial charge in [0.1, 0.15) is 11.9 Å². The second-order valence-electron chi connectivity index (χ2n) is 5.35. The van der Waals surface area contributed by atoms with E-state index in [0.717, 1.165) is 17.6 Å². The normalized spacial score (nSPS) is 11.4. The number of nitrogens with one attached hydrogen (secondary N) is 1. The van der Waals surface area contributed by atoms with E-state index >= 15 is 0 Å². The molecule has 2 heterocycles. The van der Waals surface area contributed by atoms with E-state index in [1.807, 2.05) is 0 Å². The quantitative estimate of drug-likeness (QED) is 0.228. The third kappa shape index (κ3) is 4.91. The van der Waals surface area contributed by atoms with E-state index in [9.17, 15) is 10.1 Å². The summed E-state index contributed by atoms with van der Waals surface area (Å²) < 4.78 is 5.12. The summed E-state index contributed by atoms with van der Waals surface area (Å²) in [5, 5.41) is 23.1. The number of benzene rings is 1. The highest BCUT2D eigenvalue weighted by atomic mass is 16.6.